The summed E-state index contributed by atoms with van der Waals surface area (Å²) in [5.41, 5.74) is 0.272. The van der Waals surface area contributed by atoms with E-state index in [-0.39, 0.29) is 18.9 Å². The first kappa shape index (κ1) is 19.6. The van der Waals surface area contributed by atoms with Crippen LogP contribution >= 0.6 is 11.6 Å². The molecule has 2 N–H and O–H groups in total. The molecule has 0 heterocycles. The van der Waals surface area contributed by atoms with Gasteiger partial charge in [-0.25, -0.2) is 14.4 Å². The monoisotopic (exact) mass is 358 g/mol. The third-order valence-electron chi connectivity index (χ3n) is 2.73. The number of urea groups is 1. The van der Waals surface area contributed by atoms with Crippen LogP contribution in [0, 0.1) is 0 Å². The van der Waals surface area contributed by atoms with Crippen LogP contribution in [0.5, 0.6) is 5.75 Å². The lowest BCUT2D eigenvalue weighted by atomic mass is 10.3. The van der Waals surface area contributed by atoms with Crippen molar-refractivity contribution in [2.45, 2.75) is 19.9 Å². The average molecular weight is 359 g/mol. The molecular weight excluding hydrogens is 340 g/mol. The Kier molecular flexibility index (Phi) is 7.84. The van der Waals surface area contributed by atoms with E-state index in [1.54, 1.807) is 26.0 Å². The van der Waals surface area contributed by atoms with Crippen molar-refractivity contribution in [3.05, 3.63) is 23.2 Å². The second-order valence-corrected chi connectivity index (χ2v) is 4.82. The molecule has 0 atom stereocenters. The van der Waals surface area contributed by atoms with Crippen molar-refractivity contribution < 1.29 is 28.6 Å². The van der Waals surface area contributed by atoms with Crippen LogP contribution in [-0.2, 0) is 19.1 Å². The number of esters is 2. The molecule has 0 aromatic heterocycles. The second kappa shape index (κ2) is 9.61. The Morgan fingerprint density at radius 2 is 1.71 bits per heavy atom. The highest BCUT2D eigenvalue weighted by Gasteiger charge is 2.31. The normalized spacial score (nSPS) is 10.0. The van der Waals surface area contributed by atoms with Gasteiger partial charge in [-0.1, -0.05) is 11.6 Å². The molecule has 0 fully saturated rings. The highest BCUT2D eigenvalue weighted by molar-refractivity contribution is 6.31. The molecule has 0 unspecified atom stereocenters. The Balaban J connectivity index is 2.86. The van der Waals surface area contributed by atoms with Crippen LogP contribution in [0.4, 0.5) is 10.5 Å². The van der Waals surface area contributed by atoms with E-state index in [1.807, 2.05) is 0 Å². The number of carbonyl (C=O) groups is 3. The number of benzene rings is 1. The molecule has 0 aliphatic heterocycles. The van der Waals surface area contributed by atoms with Gasteiger partial charge < -0.3 is 24.8 Å². The summed E-state index contributed by atoms with van der Waals surface area (Å²) in [6.07, 6.45) is 0. The lowest BCUT2D eigenvalue weighted by molar-refractivity contribution is -0.157. The zero-order chi connectivity index (χ0) is 18.1. The van der Waals surface area contributed by atoms with Gasteiger partial charge in [0, 0.05) is 5.02 Å². The Labute approximate surface area is 144 Å². The van der Waals surface area contributed by atoms with Crippen LogP contribution < -0.4 is 15.4 Å². The maximum absolute atomic E-state index is 12.1. The summed E-state index contributed by atoms with van der Waals surface area (Å²) in [5, 5.41) is 5.03. The highest BCUT2D eigenvalue weighted by atomic mass is 35.5. The first-order valence-electron chi connectivity index (χ1n) is 7.17. The van der Waals surface area contributed by atoms with Crippen molar-refractivity contribution in [2.24, 2.45) is 0 Å². The van der Waals surface area contributed by atoms with E-state index in [9.17, 15) is 14.4 Å². The molecule has 9 heteroatoms. The number of ether oxygens (including phenoxy) is 3. The predicted octanol–water partition coefficient (Wildman–Crippen LogP) is 1.96. The van der Waals surface area contributed by atoms with Gasteiger partial charge in [-0.3, -0.25) is 0 Å². The van der Waals surface area contributed by atoms with Gasteiger partial charge in [-0.05, 0) is 32.0 Å². The van der Waals surface area contributed by atoms with Crippen LogP contribution in [0.25, 0.3) is 0 Å². The van der Waals surface area contributed by atoms with Gasteiger partial charge in [0.1, 0.15) is 5.75 Å². The van der Waals surface area contributed by atoms with E-state index < -0.39 is 24.0 Å². The minimum atomic E-state index is -1.57. The van der Waals surface area contributed by atoms with Crippen LogP contribution in [0.3, 0.4) is 0 Å². The average Bonchev–Trinajstić information content (AvgIpc) is 2.53. The van der Waals surface area contributed by atoms with Gasteiger partial charge in [-0.2, -0.15) is 0 Å². The zero-order valence-electron chi connectivity index (χ0n) is 13.6. The molecule has 24 heavy (non-hydrogen) atoms. The molecule has 0 radical (unpaired) electrons. The Morgan fingerprint density at radius 3 is 2.21 bits per heavy atom. The van der Waals surface area contributed by atoms with E-state index in [0.29, 0.717) is 10.8 Å². The Hall–Kier alpha value is -2.48. The maximum atomic E-state index is 12.1. The number of amides is 2. The van der Waals surface area contributed by atoms with E-state index in [4.69, 9.17) is 25.8 Å². The standard InChI is InChI=1S/C15H19ClN2O6/c1-4-23-13(19)12(14(20)24-5-2)18-15(21)17-10-8-9(16)6-7-11(10)22-3/h6-8,12H,4-5H2,1-3H3,(H2,17,18,21). The lowest BCUT2D eigenvalue weighted by Gasteiger charge is -2.17. The quantitative estimate of drug-likeness (QED) is 0.570. The number of carbonyl (C=O) groups excluding carboxylic acids is 3. The first-order chi connectivity index (χ1) is 11.4. The summed E-state index contributed by atoms with van der Waals surface area (Å²) in [5.74, 6) is -1.47. The fourth-order valence-electron chi connectivity index (χ4n) is 1.73. The predicted molar refractivity (Wildman–Crippen MR) is 87.2 cm³/mol. The number of halogens is 1. The van der Waals surface area contributed by atoms with Crippen molar-refractivity contribution in [1.82, 2.24) is 5.32 Å². The van der Waals surface area contributed by atoms with Gasteiger partial charge in [0.15, 0.2) is 0 Å². The van der Waals surface area contributed by atoms with Crippen LogP contribution in [-0.4, -0.2) is 44.3 Å². The summed E-state index contributed by atoms with van der Waals surface area (Å²) in [6.45, 7) is 3.27. The molecule has 0 bridgehead atoms. The molecule has 1 aromatic rings. The van der Waals surface area contributed by atoms with Crippen molar-refractivity contribution in [3.63, 3.8) is 0 Å². The molecule has 1 aromatic carbocycles. The van der Waals surface area contributed by atoms with Crippen LogP contribution in [0.1, 0.15) is 13.8 Å². The number of methoxy groups -OCH3 is 1. The van der Waals surface area contributed by atoms with Gasteiger partial charge in [0.25, 0.3) is 0 Å². The van der Waals surface area contributed by atoms with Crippen LogP contribution in [0.15, 0.2) is 18.2 Å². The van der Waals surface area contributed by atoms with Crippen molar-refractivity contribution >= 4 is 35.3 Å². The number of rotatable bonds is 7. The topological polar surface area (TPSA) is 103 Å². The summed E-state index contributed by atoms with van der Waals surface area (Å²) in [7, 11) is 1.42. The fraction of sp³-hybridized carbons (Fsp3) is 0.400. The second-order valence-electron chi connectivity index (χ2n) is 4.38. The molecule has 1 rings (SSSR count). The van der Waals surface area contributed by atoms with Crippen molar-refractivity contribution in [3.8, 4) is 5.75 Å². The van der Waals surface area contributed by atoms with Crippen LogP contribution in [0.2, 0.25) is 5.02 Å². The van der Waals surface area contributed by atoms with E-state index >= 15 is 0 Å². The number of hydrogen-bond acceptors (Lipinski definition) is 6. The number of hydrogen-bond donors (Lipinski definition) is 2. The van der Waals surface area contributed by atoms with Gasteiger partial charge in [0.05, 0.1) is 26.0 Å². The summed E-state index contributed by atoms with van der Waals surface area (Å²) in [6, 6.07) is 2.22. The molecule has 2 amide bonds. The molecular formula is C15H19ClN2O6. The Morgan fingerprint density at radius 1 is 1.12 bits per heavy atom. The molecule has 0 saturated carbocycles. The van der Waals surface area contributed by atoms with Gasteiger partial charge >= 0.3 is 18.0 Å². The molecule has 0 aliphatic rings. The summed E-state index contributed by atoms with van der Waals surface area (Å²) >= 11 is 5.87. The smallest absolute Gasteiger partial charge is 0.340 e. The third-order valence-corrected chi connectivity index (χ3v) is 2.96. The fourth-order valence-corrected chi connectivity index (χ4v) is 1.90. The molecule has 0 saturated heterocycles. The van der Waals surface area contributed by atoms with Gasteiger partial charge in [-0.15, -0.1) is 0 Å². The van der Waals surface area contributed by atoms with E-state index in [0.717, 1.165) is 0 Å². The summed E-state index contributed by atoms with van der Waals surface area (Å²) < 4.78 is 14.6. The molecule has 0 spiro atoms. The first-order valence-corrected chi connectivity index (χ1v) is 7.55. The van der Waals surface area contributed by atoms with E-state index in [1.165, 1.54) is 13.2 Å². The minimum absolute atomic E-state index is 0.0557. The molecule has 8 nitrogen and oxygen atoms in total. The lowest BCUT2D eigenvalue weighted by Crippen LogP contribution is -2.49. The minimum Gasteiger partial charge on any atom is -0.495 e. The van der Waals surface area contributed by atoms with Crippen molar-refractivity contribution in [1.29, 1.82) is 0 Å². The van der Waals surface area contributed by atoms with E-state index in [2.05, 4.69) is 10.6 Å². The molecule has 132 valence electrons. The summed E-state index contributed by atoms with van der Waals surface area (Å²) in [4.78, 5) is 35.7. The van der Waals surface area contributed by atoms with Gasteiger partial charge in [0.2, 0.25) is 6.04 Å². The SMILES string of the molecule is CCOC(=O)C(NC(=O)Nc1cc(Cl)ccc1OC)C(=O)OCC. The number of nitrogens with one attached hydrogen (secondary N) is 2. The maximum Gasteiger partial charge on any atom is 0.340 e. The third kappa shape index (κ3) is 5.62. The highest BCUT2D eigenvalue weighted by Crippen LogP contribution is 2.27. The number of anilines is 1. The Bertz CT molecular complexity index is 590. The van der Waals surface area contributed by atoms with Crippen molar-refractivity contribution in [2.75, 3.05) is 25.6 Å². The largest absolute Gasteiger partial charge is 0.495 e. The molecule has 0 aliphatic carbocycles. The zero-order valence-corrected chi connectivity index (χ0v) is 14.3.